The second kappa shape index (κ2) is 9.40. The third-order valence-corrected chi connectivity index (χ3v) is 6.03. The van der Waals surface area contributed by atoms with E-state index >= 15 is 0 Å². The number of carbonyl (C=O) groups excluding carboxylic acids is 1. The quantitative estimate of drug-likeness (QED) is 0.529. The summed E-state index contributed by atoms with van der Waals surface area (Å²) in [4.78, 5) is 16.6. The number of nitrogens with zero attached hydrogens (tertiary/aromatic N) is 2. The zero-order valence-corrected chi connectivity index (χ0v) is 18.0. The number of aryl methyl sites for hydroxylation is 1. The standard InChI is InChI=1S/C24H27F3N2O3/c1-17-4-2-13-28(17)14-3-15-31-21-10-11-22-18(16-21)5-12-23(30)29(22)19-6-8-20(9-7-19)32-24(25,26)27/h6-11,16-17H,2-5,12-15H2,1H3/t17-/m1/s1. The molecule has 1 fully saturated rings. The van der Waals surface area contributed by atoms with Crippen molar-refractivity contribution in [1.82, 2.24) is 4.90 Å². The molecule has 2 heterocycles. The van der Waals surface area contributed by atoms with E-state index in [0.717, 1.165) is 36.5 Å². The lowest BCUT2D eigenvalue weighted by Gasteiger charge is -2.30. The van der Waals surface area contributed by atoms with Crippen LogP contribution in [-0.2, 0) is 11.2 Å². The Balaban J connectivity index is 1.41. The van der Waals surface area contributed by atoms with Crippen LogP contribution in [0, 0.1) is 0 Å². The lowest BCUT2D eigenvalue weighted by Crippen LogP contribution is -2.30. The van der Waals surface area contributed by atoms with Crippen molar-refractivity contribution in [2.24, 2.45) is 0 Å². The monoisotopic (exact) mass is 448 g/mol. The van der Waals surface area contributed by atoms with E-state index in [2.05, 4.69) is 16.6 Å². The van der Waals surface area contributed by atoms with Crippen LogP contribution >= 0.6 is 0 Å². The number of likely N-dealkylation sites (tertiary alicyclic amines) is 1. The van der Waals surface area contributed by atoms with Gasteiger partial charge in [-0.3, -0.25) is 9.69 Å². The summed E-state index contributed by atoms with van der Waals surface area (Å²) in [7, 11) is 0. The van der Waals surface area contributed by atoms with E-state index in [9.17, 15) is 18.0 Å². The molecule has 8 heteroatoms. The van der Waals surface area contributed by atoms with Crippen molar-refractivity contribution in [2.75, 3.05) is 24.6 Å². The first-order valence-electron chi connectivity index (χ1n) is 11.0. The third-order valence-electron chi connectivity index (χ3n) is 6.03. The number of halogens is 3. The fourth-order valence-corrected chi connectivity index (χ4v) is 4.42. The molecule has 0 radical (unpaired) electrons. The maximum absolute atomic E-state index is 12.6. The molecule has 0 saturated carbocycles. The van der Waals surface area contributed by atoms with E-state index in [4.69, 9.17) is 4.74 Å². The molecule has 1 saturated heterocycles. The zero-order chi connectivity index (χ0) is 22.7. The Bertz CT molecular complexity index is 946. The van der Waals surface area contributed by atoms with Crippen molar-refractivity contribution in [3.05, 3.63) is 48.0 Å². The van der Waals surface area contributed by atoms with Crippen molar-refractivity contribution in [3.63, 3.8) is 0 Å². The number of hydrogen-bond acceptors (Lipinski definition) is 4. The van der Waals surface area contributed by atoms with Crippen LogP contribution in [-0.4, -0.2) is 42.9 Å². The van der Waals surface area contributed by atoms with Gasteiger partial charge in [-0.05, 0) is 87.2 Å². The highest BCUT2D eigenvalue weighted by Gasteiger charge is 2.31. The number of hydrogen-bond donors (Lipinski definition) is 0. The summed E-state index contributed by atoms with van der Waals surface area (Å²) in [6.07, 6.45) is -0.345. The molecule has 1 amide bonds. The maximum atomic E-state index is 12.6. The van der Waals surface area contributed by atoms with Crippen LogP contribution < -0.4 is 14.4 Å². The minimum absolute atomic E-state index is 0.101. The number of rotatable bonds is 7. The SMILES string of the molecule is C[C@@H]1CCCN1CCCOc1ccc2c(c1)CCC(=O)N2c1ccc(OC(F)(F)F)cc1. The molecular weight excluding hydrogens is 421 g/mol. The first-order valence-corrected chi connectivity index (χ1v) is 11.0. The number of ether oxygens (including phenoxy) is 2. The molecule has 1 atom stereocenters. The van der Waals surface area contributed by atoms with E-state index in [0.29, 0.717) is 31.2 Å². The van der Waals surface area contributed by atoms with Gasteiger partial charge in [-0.2, -0.15) is 0 Å². The molecular formula is C24H27F3N2O3. The van der Waals surface area contributed by atoms with E-state index in [-0.39, 0.29) is 11.7 Å². The molecule has 2 aliphatic heterocycles. The van der Waals surface area contributed by atoms with Gasteiger partial charge in [0, 0.05) is 24.7 Å². The molecule has 5 nitrogen and oxygen atoms in total. The minimum Gasteiger partial charge on any atom is -0.494 e. The summed E-state index contributed by atoms with van der Waals surface area (Å²) in [5, 5.41) is 0. The highest BCUT2D eigenvalue weighted by atomic mass is 19.4. The predicted octanol–water partition coefficient (Wildman–Crippen LogP) is 5.45. The van der Waals surface area contributed by atoms with Gasteiger partial charge in [0.1, 0.15) is 11.5 Å². The van der Waals surface area contributed by atoms with Crippen LogP contribution in [0.1, 0.15) is 38.2 Å². The number of carbonyl (C=O) groups is 1. The topological polar surface area (TPSA) is 42.0 Å². The van der Waals surface area contributed by atoms with Crippen molar-refractivity contribution in [2.45, 2.75) is 51.4 Å². The van der Waals surface area contributed by atoms with Gasteiger partial charge in [-0.1, -0.05) is 0 Å². The number of fused-ring (bicyclic) bond motifs is 1. The van der Waals surface area contributed by atoms with Crippen LogP contribution in [0.4, 0.5) is 24.5 Å². The fourth-order valence-electron chi connectivity index (χ4n) is 4.42. The molecule has 2 aromatic carbocycles. The van der Waals surface area contributed by atoms with Crippen molar-refractivity contribution >= 4 is 17.3 Å². The molecule has 0 unspecified atom stereocenters. The highest BCUT2D eigenvalue weighted by Crippen LogP contribution is 2.37. The molecule has 0 aliphatic carbocycles. The van der Waals surface area contributed by atoms with Gasteiger partial charge < -0.3 is 14.4 Å². The third kappa shape index (κ3) is 5.35. The largest absolute Gasteiger partial charge is 0.573 e. The van der Waals surface area contributed by atoms with Gasteiger partial charge in [0.05, 0.1) is 12.3 Å². The molecule has 4 rings (SSSR count). The van der Waals surface area contributed by atoms with Gasteiger partial charge in [0.15, 0.2) is 0 Å². The van der Waals surface area contributed by atoms with Gasteiger partial charge in [-0.15, -0.1) is 13.2 Å². The Hall–Kier alpha value is -2.74. The first kappa shape index (κ1) is 22.5. The van der Waals surface area contributed by atoms with Crippen LogP contribution in [0.2, 0.25) is 0 Å². The Morgan fingerprint density at radius 2 is 1.81 bits per heavy atom. The normalized spacial score (nSPS) is 19.2. The molecule has 0 spiro atoms. The second-order valence-electron chi connectivity index (χ2n) is 8.29. The molecule has 0 N–H and O–H groups in total. The summed E-state index contributed by atoms with van der Waals surface area (Å²) in [5.41, 5.74) is 2.20. The lowest BCUT2D eigenvalue weighted by atomic mass is 10.00. The maximum Gasteiger partial charge on any atom is 0.573 e. The van der Waals surface area contributed by atoms with Crippen LogP contribution in [0.3, 0.4) is 0 Å². The van der Waals surface area contributed by atoms with E-state index < -0.39 is 6.36 Å². The van der Waals surface area contributed by atoms with Crippen molar-refractivity contribution in [1.29, 1.82) is 0 Å². The molecule has 2 aliphatic rings. The highest BCUT2D eigenvalue weighted by molar-refractivity contribution is 6.03. The smallest absolute Gasteiger partial charge is 0.494 e. The molecule has 0 aromatic heterocycles. The van der Waals surface area contributed by atoms with E-state index in [1.165, 1.54) is 42.0 Å². The number of alkyl halides is 3. The van der Waals surface area contributed by atoms with Crippen molar-refractivity contribution < 1.29 is 27.4 Å². The average molecular weight is 448 g/mol. The number of amides is 1. The van der Waals surface area contributed by atoms with Gasteiger partial charge in [0.2, 0.25) is 5.91 Å². The lowest BCUT2D eigenvalue weighted by molar-refractivity contribution is -0.274. The van der Waals surface area contributed by atoms with Crippen LogP contribution in [0.5, 0.6) is 11.5 Å². The summed E-state index contributed by atoms with van der Waals surface area (Å²) in [6, 6.07) is 11.6. The first-order chi connectivity index (χ1) is 15.3. The van der Waals surface area contributed by atoms with Crippen LogP contribution in [0.25, 0.3) is 0 Å². The summed E-state index contributed by atoms with van der Waals surface area (Å²) in [5.74, 6) is 0.342. The van der Waals surface area contributed by atoms with Gasteiger partial charge >= 0.3 is 6.36 Å². The van der Waals surface area contributed by atoms with Gasteiger partial charge in [0.25, 0.3) is 0 Å². The Kier molecular flexibility index (Phi) is 6.60. The average Bonchev–Trinajstić information content (AvgIpc) is 3.15. The molecule has 2 aromatic rings. The Morgan fingerprint density at radius 1 is 1.06 bits per heavy atom. The Labute approximate surface area is 185 Å². The molecule has 172 valence electrons. The summed E-state index contributed by atoms with van der Waals surface area (Å²) >= 11 is 0. The zero-order valence-electron chi connectivity index (χ0n) is 18.0. The predicted molar refractivity (Wildman–Crippen MR) is 115 cm³/mol. The van der Waals surface area contributed by atoms with Gasteiger partial charge in [-0.25, -0.2) is 0 Å². The fraction of sp³-hybridized carbons (Fsp3) is 0.458. The van der Waals surface area contributed by atoms with Crippen LogP contribution in [0.15, 0.2) is 42.5 Å². The van der Waals surface area contributed by atoms with E-state index in [1.807, 2.05) is 18.2 Å². The summed E-state index contributed by atoms with van der Waals surface area (Å²) in [6.45, 7) is 5.09. The second-order valence-corrected chi connectivity index (χ2v) is 8.29. The number of anilines is 2. The van der Waals surface area contributed by atoms with E-state index in [1.54, 1.807) is 0 Å². The summed E-state index contributed by atoms with van der Waals surface area (Å²) < 4.78 is 47.1. The number of benzene rings is 2. The minimum atomic E-state index is -4.75. The molecule has 32 heavy (non-hydrogen) atoms. The van der Waals surface area contributed by atoms with Crippen molar-refractivity contribution in [3.8, 4) is 11.5 Å². The Morgan fingerprint density at radius 3 is 2.50 bits per heavy atom. The molecule has 0 bridgehead atoms.